The number of nitrogens with zero attached hydrogens (tertiary/aromatic N) is 1. The summed E-state index contributed by atoms with van der Waals surface area (Å²) in [6.45, 7) is 0. The fourth-order valence-corrected chi connectivity index (χ4v) is 3.23. The number of carbonyl (C=O) groups is 3. The number of hydrogen-bond acceptors (Lipinski definition) is 3. The summed E-state index contributed by atoms with van der Waals surface area (Å²) in [5.74, 6) is -2.14. The van der Waals surface area contributed by atoms with Crippen molar-refractivity contribution >= 4 is 29.2 Å². The van der Waals surface area contributed by atoms with Crippen LogP contribution in [0.4, 0.5) is 11.4 Å². The average molecular weight is 371 g/mol. The van der Waals surface area contributed by atoms with E-state index in [4.69, 9.17) is 10.8 Å². The van der Waals surface area contributed by atoms with E-state index in [1.54, 1.807) is 24.3 Å². The van der Waals surface area contributed by atoms with Gasteiger partial charge in [0.05, 0.1) is 28.1 Å². The SMILES string of the molecule is [NH]c1ccc(Cc2ccc(N3C(=O)c4ccc(C(=O)O)cc4C3=O)cc2)cc1. The van der Waals surface area contributed by atoms with Gasteiger partial charge in [-0.15, -0.1) is 0 Å². The lowest BCUT2D eigenvalue weighted by Crippen LogP contribution is -2.29. The minimum Gasteiger partial charge on any atom is -0.478 e. The second kappa shape index (κ2) is 6.66. The van der Waals surface area contributed by atoms with Gasteiger partial charge in [-0.05, 0) is 60.0 Å². The molecule has 2 amide bonds. The smallest absolute Gasteiger partial charge is 0.335 e. The van der Waals surface area contributed by atoms with Gasteiger partial charge in [-0.1, -0.05) is 24.3 Å². The molecule has 0 bridgehead atoms. The number of carbonyl (C=O) groups excluding carboxylic acids is 2. The zero-order valence-electron chi connectivity index (χ0n) is 14.7. The summed E-state index contributed by atoms with van der Waals surface area (Å²) in [5.41, 5.74) is 10.8. The Morgan fingerprint density at radius 2 is 1.39 bits per heavy atom. The average Bonchev–Trinajstić information content (AvgIpc) is 2.94. The van der Waals surface area contributed by atoms with E-state index >= 15 is 0 Å². The second-order valence-corrected chi connectivity index (χ2v) is 6.55. The van der Waals surface area contributed by atoms with Crippen molar-refractivity contribution in [3.8, 4) is 0 Å². The van der Waals surface area contributed by atoms with Crippen LogP contribution in [0.25, 0.3) is 0 Å². The molecule has 1 aliphatic heterocycles. The molecule has 1 radical (unpaired) electrons. The summed E-state index contributed by atoms with van der Waals surface area (Å²) < 4.78 is 0. The summed E-state index contributed by atoms with van der Waals surface area (Å²) in [6, 6.07) is 18.3. The maximum absolute atomic E-state index is 12.7. The van der Waals surface area contributed by atoms with Crippen molar-refractivity contribution in [1.29, 1.82) is 0 Å². The van der Waals surface area contributed by atoms with Crippen LogP contribution in [-0.2, 0) is 6.42 Å². The Balaban J connectivity index is 1.59. The Morgan fingerprint density at radius 1 is 0.821 bits per heavy atom. The first kappa shape index (κ1) is 17.5. The Kier molecular flexibility index (Phi) is 4.16. The quantitative estimate of drug-likeness (QED) is 0.707. The van der Waals surface area contributed by atoms with E-state index in [9.17, 15) is 14.4 Å². The topological polar surface area (TPSA) is 98.5 Å². The van der Waals surface area contributed by atoms with E-state index in [-0.39, 0.29) is 16.7 Å². The van der Waals surface area contributed by atoms with Crippen molar-refractivity contribution in [2.75, 3.05) is 4.90 Å². The molecule has 28 heavy (non-hydrogen) atoms. The maximum Gasteiger partial charge on any atom is 0.335 e. The molecule has 0 spiro atoms. The molecule has 0 saturated heterocycles. The number of imide groups is 1. The van der Waals surface area contributed by atoms with Gasteiger partial charge in [-0.25, -0.2) is 9.69 Å². The molecule has 0 atom stereocenters. The standard InChI is InChI=1S/C22H15N2O4/c23-16-6-1-13(2-7-16)11-14-3-8-17(9-4-14)24-20(25)18-10-5-15(22(27)28)12-19(18)21(24)26/h1-10,12,23H,11H2,(H,27,28). The first-order chi connectivity index (χ1) is 13.4. The summed E-state index contributed by atoms with van der Waals surface area (Å²) in [6.07, 6.45) is 0.671. The predicted molar refractivity (Wildman–Crippen MR) is 103 cm³/mol. The van der Waals surface area contributed by atoms with Gasteiger partial charge in [0, 0.05) is 0 Å². The van der Waals surface area contributed by atoms with Gasteiger partial charge in [0.2, 0.25) is 0 Å². The third-order valence-corrected chi connectivity index (χ3v) is 4.69. The molecule has 6 heteroatoms. The van der Waals surface area contributed by atoms with Crippen molar-refractivity contribution in [2.24, 2.45) is 0 Å². The third kappa shape index (κ3) is 3.01. The number of aromatic carboxylic acids is 1. The lowest BCUT2D eigenvalue weighted by molar-refractivity contribution is 0.0696. The van der Waals surface area contributed by atoms with Gasteiger partial charge in [0.1, 0.15) is 0 Å². The van der Waals surface area contributed by atoms with Crippen molar-refractivity contribution in [3.63, 3.8) is 0 Å². The first-order valence-electron chi connectivity index (χ1n) is 8.59. The number of carboxylic acids is 1. The minimum absolute atomic E-state index is 0.0317. The normalized spacial score (nSPS) is 12.9. The largest absolute Gasteiger partial charge is 0.478 e. The zero-order valence-corrected chi connectivity index (χ0v) is 14.7. The van der Waals surface area contributed by atoms with Crippen molar-refractivity contribution in [2.45, 2.75) is 6.42 Å². The van der Waals surface area contributed by atoms with Crippen molar-refractivity contribution in [1.82, 2.24) is 5.73 Å². The molecule has 0 aliphatic carbocycles. The molecule has 0 fully saturated rings. The van der Waals surface area contributed by atoms with E-state index in [1.165, 1.54) is 18.2 Å². The van der Waals surface area contributed by atoms with Crippen LogP contribution in [-0.4, -0.2) is 22.9 Å². The molecule has 1 heterocycles. The van der Waals surface area contributed by atoms with Crippen LogP contribution in [0.1, 0.15) is 42.2 Å². The summed E-state index contributed by atoms with van der Waals surface area (Å²) in [4.78, 5) is 37.5. The van der Waals surface area contributed by atoms with E-state index in [0.29, 0.717) is 17.8 Å². The van der Waals surface area contributed by atoms with Gasteiger partial charge < -0.3 is 10.8 Å². The zero-order chi connectivity index (χ0) is 19.8. The molecule has 137 valence electrons. The molecule has 4 rings (SSSR count). The van der Waals surface area contributed by atoms with Crippen LogP contribution in [0.15, 0.2) is 66.7 Å². The number of nitrogens with one attached hydrogen (secondary N) is 1. The Labute approximate surface area is 160 Å². The molecule has 0 unspecified atom stereocenters. The predicted octanol–water partition coefficient (Wildman–Crippen LogP) is 3.69. The van der Waals surface area contributed by atoms with Crippen LogP contribution in [0, 0.1) is 0 Å². The summed E-state index contributed by atoms with van der Waals surface area (Å²) in [7, 11) is 0. The lowest BCUT2D eigenvalue weighted by Gasteiger charge is -2.14. The number of rotatable bonds is 4. The van der Waals surface area contributed by atoms with Gasteiger partial charge in [0.15, 0.2) is 0 Å². The molecular formula is C22H15N2O4. The molecule has 2 N–H and O–H groups in total. The fourth-order valence-electron chi connectivity index (χ4n) is 3.23. The number of carboxylic acid groups (broad SMARTS) is 1. The van der Waals surface area contributed by atoms with Gasteiger partial charge in [-0.3, -0.25) is 9.59 Å². The van der Waals surface area contributed by atoms with Crippen LogP contribution in [0.2, 0.25) is 0 Å². The fraction of sp³-hybridized carbons (Fsp3) is 0.0455. The number of anilines is 1. The molecule has 6 nitrogen and oxygen atoms in total. The molecule has 0 saturated carbocycles. The van der Waals surface area contributed by atoms with Gasteiger partial charge >= 0.3 is 5.97 Å². The number of hydrogen-bond donors (Lipinski definition) is 1. The highest BCUT2D eigenvalue weighted by atomic mass is 16.4. The van der Waals surface area contributed by atoms with Crippen LogP contribution in [0.3, 0.4) is 0 Å². The third-order valence-electron chi connectivity index (χ3n) is 4.69. The Bertz CT molecular complexity index is 1100. The van der Waals surface area contributed by atoms with Gasteiger partial charge in [-0.2, -0.15) is 0 Å². The molecule has 3 aromatic carbocycles. The van der Waals surface area contributed by atoms with E-state index in [2.05, 4.69) is 0 Å². The van der Waals surface area contributed by atoms with Crippen LogP contribution < -0.4 is 10.6 Å². The highest BCUT2D eigenvalue weighted by Crippen LogP contribution is 2.29. The first-order valence-corrected chi connectivity index (χ1v) is 8.59. The Morgan fingerprint density at radius 3 is 2.00 bits per heavy atom. The van der Waals surface area contributed by atoms with E-state index in [0.717, 1.165) is 16.0 Å². The summed E-state index contributed by atoms with van der Waals surface area (Å²) >= 11 is 0. The van der Waals surface area contributed by atoms with Crippen molar-refractivity contribution < 1.29 is 19.5 Å². The van der Waals surface area contributed by atoms with Crippen LogP contribution in [0.5, 0.6) is 0 Å². The highest BCUT2D eigenvalue weighted by Gasteiger charge is 2.37. The number of benzene rings is 3. The maximum atomic E-state index is 12.7. The van der Waals surface area contributed by atoms with E-state index < -0.39 is 17.8 Å². The van der Waals surface area contributed by atoms with Gasteiger partial charge in [0.25, 0.3) is 11.8 Å². The summed E-state index contributed by atoms with van der Waals surface area (Å²) in [5, 5.41) is 9.10. The molecule has 3 aromatic rings. The minimum atomic E-state index is -1.15. The highest BCUT2D eigenvalue weighted by molar-refractivity contribution is 6.34. The number of amides is 2. The molecule has 1 aliphatic rings. The monoisotopic (exact) mass is 371 g/mol. The molecular weight excluding hydrogens is 356 g/mol. The van der Waals surface area contributed by atoms with Crippen molar-refractivity contribution in [3.05, 3.63) is 94.5 Å². The van der Waals surface area contributed by atoms with E-state index in [1.807, 2.05) is 24.3 Å². The Hall–Kier alpha value is -3.93. The lowest BCUT2D eigenvalue weighted by atomic mass is 10.0. The second-order valence-electron chi connectivity index (χ2n) is 6.55. The van der Waals surface area contributed by atoms with Crippen LogP contribution >= 0.6 is 0 Å². The molecule has 0 aromatic heterocycles. The number of fused-ring (bicyclic) bond motifs is 1.